The standard InChI is InChI=1S/C22H22N4O4S/c1-30-16-8-6-15(7-9-16)18-5-3-12-26(18)21(29)17-4-2-11-25(20(17)28)14-19(27)24-22-23-10-13-31-22/h2,4,6-11,13,18H,3,5,12,14H2,1H3,(H,23,24,27). The van der Waals surface area contributed by atoms with Crippen molar-refractivity contribution in [3.05, 3.63) is 75.7 Å². The average molecular weight is 439 g/mol. The Morgan fingerprint density at radius 1 is 1.26 bits per heavy atom. The molecule has 0 radical (unpaired) electrons. The van der Waals surface area contributed by atoms with Crippen LogP contribution in [0.3, 0.4) is 0 Å². The van der Waals surface area contributed by atoms with Gasteiger partial charge in [-0.25, -0.2) is 4.98 Å². The normalized spacial score (nSPS) is 15.6. The molecular weight excluding hydrogens is 416 g/mol. The van der Waals surface area contributed by atoms with Gasteiger partial charge in [-0.15, -0.1) is 11.3 Å². The van der Waals surface area contributed by atoms with E-state index in [2.05, 4.69) is 10.3 Å². The van der Waals surface area contributed by atoms with Gasteiger partial charge in [-0.2, -0.15) is 0 Å². The smallest absolute Gasteiger partial charge is 0.263 e. The highest BCUT2D eigenvalue weighted by Gasteiger charge is 2.32. The van der Waals surface area contributed by atoms with Gasteiger partial charge in [0.25, 0.3) is 11.5 Å². The quantitative estimate of drug-likeness (QED) is 0.639. The summed E-state index contributed by atoms with van der Waals surface area (Å²) in [5, 5.41) is 4.85. The van der Waals surface area contributed by atoms with E-state index in [0.717, 1.165) is 24.2 Å². The number of nitrogens with zero attached hydrogens (tertiary/aromatic N) is 3. The number of benzene rings is 1. The summed E-state index contributed by atoms with van der Waals surface area (Å²) in [6.07, 6.45) is 4.78. The van der Waals surface area contributed by atoms with Crippen LogP contribution < -0.4 is 15.6 Å². The van der Waals surface area contributed by atoms with Crippen molar-refractivity contribution in [2.45, 2.75) is 25.4 Å². The summed E-state index contributed by atoms with van der Waals surface area (Å²) in [7, 11) is 1.61. The maximum Gasteiger partial charge on any atom is 0.263 e. The zero-order valence-electron chi connectivity index (χ0n) is 17.0. The Balaban J connectivity index is 1.53. The number of carbonyl (C=O) groups is 2. The van der Waals surface area contributed by atoms with Crippen molar-refractivity contribution >= 4 is 28.3 Å². The van der Waals surface area contributed by atoms with Crippen LogP contribution in [0.4, 0.5) is 5.13 Å². The Hall–Kier alpha value is -3.46. The number of hydrogen-bond donors (Lipinski definition) is 1. The Labute approximate surface area is 183 Å². The second-order valence-electron chi connectivity index (χ2n) is 7.17. The summed E-state index contributed by atoms with van der Waals surface area (Å²) < 4.78 is 6.45. The average Bonchev–Trinajstić information content (AvgIpc) is 3.47. The van der Waals surface area contributed by atoms with E-state index in [1.165, 1.54) is 28.2 Å². The second kappa shape index (κ2) is 9.13. The Kier molecular flexibility index (Phi) is 6.13. The first-order chi connectivity index (χ1) is 15.1. The molecule has 160 valence electrons. The molecule has 2 aromatic heterocycles. The molecule has 31 heavy (non-hydrogen) atoms. The summed E-state index contributed by atoms with van der Waals surface area (Å²) in [4.78, 5) is 44.2. The molecule has 1 aliphatic heterocycles. The van der Waals surface area contributed by atoms with Gasteiger partial charge in [-0.3, -0.25) is 14.4 Å². The number of methoxy groups -OCH3 is 1. The lowest BCUT2D eigenvalue weighted by atomic mass is 10.0. The van der Waals surface area contributed by atoms with Crippen molar-refractivity contribution in [2.75, 3.05) is 19.0 Å². The van der Waals surface area contributed by atoms with Gasteiger partial charge in [0.1, 0.15) is 17.9 Å². The lowest BCUT2D eigenvalue weighted by molar-refractivity contribution is -0.116. The van der Waals surface area contributed by atoms with Gasteiger partial charge in [0.05, 0.1) is 13.2 Å². The number of carbonyl (C=O) groups excluding carboxylic acids is 2. The minimum absolute atomic E-state index is 0.0601. The number of amides is 2. The summed E-state index contributed by atoms with van der Waals surface area (Å²) in [6, 6.07) is 10.7. The SMILES string of the molecule is COc1ccc(C2CCCN2C(=O)c2cccn(CC(=O)Nc3nccs3)c2=O)cc1. The van der Waals surface area contributed by atoms with Crippen LogP contribution in [-0.4, -0.2) is 39.9 Å². The van der Waals surface area contributed by atoms with E-state index < -0.39 is 5.56 Å². The first kappa shape index (κ1) is 20.8. The first-order valence-electron chi connectivity index (χ1n) is 9.90. The minimum atomic E-state index is -0.484. The summed E-state index contributed by atoms with van der Waals surface area (Å²) in [6.45, 7) is 0.385. The van der Waals surface area contributed by atoms with Gasteiger partial charge in [0.2, 0.25) is 5.91 Å². The number of likely N-dealkylation sites (tertiary alicyclic amines) is 1. The number of hydrogen-bond acceptors (Lipinski definition) is 6. The third-order valence-electron chi connectivity index (χ3n) is 5.26. The van der Waals surface area contributed by atoms with E-state index in [1.807, 2.05) is 24.3 Å². The van der Waals surface area contributed by atoms with E-state index >= 15 is 0 Å². The number of pyridine rings is 1. The number of aromatic nitrogens is 2. The van der Waals surface area contributed by atoms with E-state index in [1.54, 1.807) is 29.7 Å². The van der Waals surface area contributed by atoms with Crippen LogP contribution >= 0.6 is 11.3 Å². The lowest BCUT2D eigenvalue weighted by Crippen LogP contribution is -2.37. The molecule has 1 atom stereocenters. The van der Waals surface area contributed by atoms with Crippen molar-refractivity contribution in [1.29, 1.82) is 0 Å². The molecule has 1 aliphatic rings. The van der Waals surface area contributed by atoms with Crippen molar-refractivity contribution in [3.8, 4) is 5.75 Å². The third-order valence-corrected chi connectivity index (χ3v) is 5.95. The maximum atomic E-state index is 13.2. The molecule has 0 bridgehead atoms. The van der Waals surface area contributed by atoms with Crippen molar-refractivity contribution in [2.24, 2.45) is 0 Å². The van der Waals surface area contributed by atoms with Gasteiger partial charge >= 0.3 is 0 Å². The molecule has 3 aromatic rings. The molecule has 1 fully saturated rings. The molecule has 1 N–H and O–H groups in total. The predicted octanol–water partition coefficient (Wildman–Crippen LogP) is 2.93. The van der Waals surface area contributed by atoms with Gasteiger partial charge in [-0.05, 0) is 42.7 Å². The molecule has 1 saturated heterocycles. The highest BCUT2D eigenvalue weighted by molar-refractivity contribution is 7.13. The van der Waals surface area contributed by atoms with E-state index in [0.29, 0.717) is 11.7 Å². The number of thiazole rings is 1. The zero-order valence-corrected chi connectivity index (χ0v) is 17.8. The van der Waals surface area contributed by atoms with Crippen LogP contribution in [-0.2, 0) is 11.3 Å². The molecular formula is C22H22N4O4S. The van der Waals surface area contributed by atoms with Crippen LogP contribution in [0.25, 0.3) is 0 Å². The van der Waals surface area contributed by atoms with E-state index in [-0.39, 0.29) is 30.0 Å². The third kappa shape index (κ3) is 4.51. The number of anilines is 1. The van der Waals surface area contributed by atoms with Crippen LogP contribution in [0.5, 0.6) is 5.75 Å². The van der Waals surface area contributed by atoms with Crippen molar-refractivity contribution in [1.82, 2.24) is 14.5 Å². The van der Waals surface area contributed by atoms with Gasteiger partial charge in [0, 0.05) is 24.3 Å². The van der Waals surface area contributed by atoms with Crippen LogP contribution in [0, 0.1) is 0 Å². The first-order valence-corrected chi connectivity index (χ1v) is 10.8. The number of nitrogens with one attached hydrogen (secondary N) is 1. The molecule has 9 heteroatoms. The predicted molar refractivity (Wildman–Crippen MR) is 117 cm³/mol. The highest BCUT2D eigenvalue weighted by atomic mass is 32.1. The second-order valence-corrected chi connectivity index (χ2v) is 8.06. The topological polar surface area (TPSA) is 93.5 Å². The molecule has 0 aliphatic carbocycles. The Morgan fingerprint density at radius 2 is 2.06 bits per heavy atom. The van der Waals surface area contributed by atoms with Crippen LogP contribution in [0.2, 0.25) is 0 Å². The molecule has 3 heterocycles. The van der Waals surface area contributed by atoms with Crippen molar-refractivity contribution < 1.29 is 14.3 Å². The van der Waals surface area contributed by atoms with Gasteiger partial charge in [0.15, 0.2) is 5.13 Å². The molecule has 1 aromatic carbocycles. The largest absolute Gasteiger partial charge is 0.497 e. The summed E-state index contributed by atoms with van der Waals surface area (Å²) in [5.41, 5.74) is 0.581. The number of ether oxygens (including phenoxy) is 1. The summed E-state index contributed by atoms with van der Waals surface area (Å²) in [5.74, 6) is 0.0542. The number of rotatable bonds is 6. The summed E-state index contributed by atoms with van der Waals surface area (Å²) >= 11 is 1.29. The fraction of sp³-hybridized carbons (Fsp3) is 0.273. The molecule has 8 nitrogen and oxygen atoms in total. The molecule has 2 amide bonds. The minimum Gasteiger partial charge on any atom is -0.497 e. The molecule has 0 saturated carbocycles. The molecule has 1 unspecified atom stereocenters. The Morgan fingerprint density at radius 3 is 2.77 bits per heavy atom. The zero-order chi connectivity index (χ0) is 21.8. The van der Waals surface area contributed by atoms with Crippen LogP contribution in [0.15, 0.2) is 59.0 Å². The fourth-order valence-electron chi connectivity index (χ4n) is 3.76. The van der Waals surface area contributed by atoms with Crippen molar-refractivity contribution in [3.63, 3.8) is 0 Å². The van der Waals surface area contributed by atoms with Gasteiger partial charge < -0.3 is 19.5 Å². The highest BCUT2D eigenvalue weighted by Crippen LogP contribution is 2.33. The monoisotopic (exact) mass is 438 g/mol. The van der Waals surface area contributed by atoms with E-state index in [4.69, 9.17) is 4.74 Å². The van der Waals surface area contributed by atoms with Crippen LogP contribution in [0.1, 0.15) is 34.8 Å². The molecule has 4 rings (SSSR count). The van der Waals surface area contributed by atoms with E-state index in [9.17, 15) is 14.4 Å². The molecule has 0 spiro atoms. The Bertz CT molecular complexity index is 1130. The fourth-order valence-corrected chi connectivity index (χ4v) is 4.31. The van der Waals surface area contributed by atoms with Gasteiger partial charge in [-0.1, -0.05) is 12.1 Å². The lowest BCUT2D eigenvalue weighted by Gasteiger charge is -2.25. The maximum absolute atomic E-state index is 13.2.